The van der Waals surface area contributed by atoms with Crippen LogP contribution in [0.25, 0.3) is 10.7 Å². The Morgan fingerprint density at radius 3 is 2.80 bits per heavy atom. The van der Waals surface area contributed by atoms with Gasteiger partial charge in [-0.2, -0.15) is 4.98 Å². The van der Waals surface area contributed by atoms with Crippen molar-refractivity contribution in [3.8, 4) is 10.7 Å². The summed E-state index contributed by atoms with van der Waals surface area (Å²) < 4.78 is 0. The first-order chi connectivity index (χ1) is 9.54. The second kappa shape index (κ2) is 5.14. The number of piperidine rings is 1. The molecule has 2 aromatic heterocycles. The van der Waals surface area contributed by atoms with Crippen molar-refractivity contribution < 1.29 is 0 Å². The molecule has 1 fully saturated rings. The lowest BCUT2D eigenvalue weighted by atomic mass is 9.95. The number of anilines is 1. The summed E-state index contributed by atoms with van der Waals surface area (Å²) in [5.41, 5.74) is 7.14. The fourth-order valence-electron chi connectivity index (χ4n) is 2.53. The summed E-state index contributed by atoms with van der Waals surface area (Å²) >= 11 is 1.64. The molecule has 0 aromatic carbocycles. The second-order valence-electron chi connectivity index (χ2n) is 5.51. The molecule has 0 aliphatic carbocycles. The van der Waals surface area contributed by atoms with E-state index in [1.54, 1.807) is 11.3 Å². The lowest BCUT2D eigenvalue weighted by Gasteiger charge is -2.34. The first kappa shape index (κ1) is 13.5. The Morgan fingerprint density at radius 2 is 2.15 bits per heavy atom. The predicted octanol–water partition coefficient (Wildman–Crippen LogP) is 1.72. The lowest BCUT2D eigenvalue weighted by molar-refractivity contribution is 0.376. The normalized spacial score (nSPS) is 23.3. The van der Waals surface area contributed by atoms with Crippen LogP contribution in [0, 0.1) is 19.8 Å². The van der Waals surface area contributed by atoms with Gasteiger partial charge in [0.25, 0.3) is 0 Å². The Balaban J connectivity index is 1.82. The number of aromatic amines is 1. The third-order valence-corrected chi connectivity index (χ3v) is 4.97. The molecule has 3 heterocycles. The van der Waals surface area contributed by atoms with E-state index in [2.05, 4.69) is 32.0 Å². The molecule has 2 atom stereocenters. The van der Waals surface area contributed by atoms with E-state index in [-0.39, 0.29) is 6.04 Å². The summed E-state index contributed by atoms with van der Waals surface area (Å²) in [4.78, 5) is 12.3. The molecular weight excluding hydrogens is 272 g/mol. The van der Waals surface area contributed by atoms with E-state index in [0.717, 1.165) is 46.9 Å². The number of thiazole rings is 1. The third kappa shape index (κ3) is 2.43. The van der Waals surface area contributed by atoms with Gasteiger partial charge in [-0.15, -0.1) is 16.4 Å². The molecule has 0 saturated carbocycles. The zero-order chi connectivity index (χ0) is 14.3. The number of nitrogens with zero attached hydrogens (tertiary/aromatic N) is 4. The van der Waals surface area contributed by atoms with Gasteiger partial charge < -0.3 is 10.6 Å². The molecule has 1 aliphatic heterocycles. The molecule has 2 aromatic rings. The Hall–Kier alpha value is -1.47. The van der Waals surface area contributed by atoms with Crippen molar-refractivity contribution in [3.05, 3.63) is 10.7 Å². The van der Waals surface area contributed by atoms with Gasteiger partial charge in [0.05, 0.1) is 15.6 Å². The maximum Gasteiger partial charge on any atom is 0.245 e. The maximum atomic E-state index is 6.14. The van der Waals surface area contributed by atoms with Crippen molar-refractivity contribution in [3.63, 3.8) is 0 Å². The van der Waals surface area contributed by atoms with Gasteiger partial charge in [-0.3, -0.25) is 5.10 Å². The van der Waals surface area contributed by atoms with Gasteiger partial charge in [0.2, 0.25) is 5.95 Å². The molecule has 0 spiro atoms. The fourth-order valence-corrected chi connectivity index (χ4v) is 3.39. The largest absolute Gasteiger partial charge is 0.338 e. The summed E-state index contributed by atoms with van der Waals surface area (Å²) in [5, 5.41) is 8.41. The van der Waals surface area contributed by atoms with Gasteiger partial charge in [-0.25, -0.2) is 4.98 Å². The Morgan fingerprint density at radius 1 is 1.35 bits per heavy atom. The minimum absolute atomic E-state index is 0.193. The number of hydrogen-bond acceptors (Lipinski definition) is 6. The van der Waals surface area contributed by atoms with Crippen LogP contribution in [0.5, 0.6) is 0 Å². The van der Waals surface area contributed by atoms with Crippen LogP contribution < -0.4 is 10.6 Å². The van der Waals surface area contributed by atoms with Crippen molar-refractivity contribution >= 4 is 17.3 Å². The summed E-state index contributed by atoms with van der Waals surface area (Å²) in [7, 11) is 0. The van der Waals surface area contributed by atoms with Crippen molar-refractivity contribution in [1.29, 1.82) is 0 Å². The molecular formula is C13H20N6S. The number of aromatic nitrogens is 4. The van der Waals surface area contributed by atoms with E-state index in [1.807, 2.05) is 13.8 Å². The third-order valence-electron chi connectivity index (χ3n) is 3.89. The number of aryl methyl sites for hydroxylation is 2. The molecule has 3 N–H and O–H groups in total. The zero-order valence-corrected chi connectivity index (χ0v) is 12.9. The van der Waals surface area contributed by atoms with Crippen LogP contribution in [0.4, 0.5) is 5.95 Å². The van der Waals surface area contributed by atoms with Crippen molar-refractivity contribution in [2.45, 2.75) is 33.2 Å². The molecule has 7 heteroatoms. The monoisotopic (exact) mass is 292 g/mol. The van der Waals surface area contributed by atoms with Gasteiger partial charge in [0.15, 0.2) is 5.82 Å². The topological polar surface area (TPSA) is 83.7 Å². The summed E-state index contributed by atoms with van der Waals surface area (Å²) in [6.45, 7) is 7.99. The molecule has 0 amide bonds. The smallest absolute Gasteiger partial charge is 0.245 e. The number of nitrogens with two attached hydrogens (primary N) is 1. The van der Waals surface area contributed by atoms with Gasteiger partial charge in [-0.05, 0) is 26.2 Å². The average Bonchev–Trinajstić information content (AvgIpc) is 2.99. The quantitative estimate of drug-likeness (QED) is 0.880. The Kier molecular flexibility index (Phi) is 3.47. The standard InChI is InChI=1S/C13H20N6S/c1-7-4-5-19(6-10(7)14)13-16-12(17-18-13)11-8(2)15-9(3)20-11/h7,10H,4-6,14H2,1-3H3,(H,16,17,18). The highest BCUT2D eigenvalue weighted by Gasteiger charge is 2.25. The molecule has 2 unspecified atom stereocenters. The molecule has 0 bridgehead atoms. The SMILES string of the molecule is Cc1nc(C)c(-c2nc(N3CCC(C)C(N)C3)n[nH]2)s1. The summed E-state index contributed by atoms with van der Waals surface area (Å²) in [6, 6.07) is 0.193. The van der Waals surface area contributed by atoms with Crippen molar-refractivity contribution in [2.24, 2.45) is 11.7 Å². The molecule has 20 heavy (non-hydrogen) atoms. The Bertz CT molecular complexity index is 604. The van der Waals surface area contributed by atoms with Crippen molar-refractivity contribution in [2.75, 3.05) is 18.0 Å². The van der Waals surface area contributed by atoms with Crippen LogP contribution in [0.2, 0.25) is 0 Å². The summed E-state index contributed by atoms with van der Waals surface area (Å²) in [5.74, 6) is 2.11. The van der Waals surface area contributed by atoms with E-state index < -0.39 is 0 Å². The number of hydrogen-bond donors (Lipinski definition) is 2. The molecule has 1 aliphatic rings. The highest BCUT2D eigenvalue weighted by Crippen LogP contribution is 2.28. The van der Waals surface area contributed by atoms with E-state index >= 15 is 0 Å². The van der Waals surface area contributed by atoms with Crippen molar-refractivity contribution in [1.82, 2.24) is 20.2 Å². The minimum Gasteiger partial charge on any atom is -0.338 e. The first-order valence-corrected chi connectivity index (χ1v) is 7.73. The van der Waals surface area contributed by atoms with Crippen LogP contribution in [-0.2, 0) is 0 Å². The zero-order valence-electron chi connectivity index (χ0n) is 12.1. The minimum atomic E-state index is 0.193. The predicted molar refractivity (Wildman–Crippen MR) is 80.9 cm³/mol. The molecule has 3 rings (SSSR count). The number of nitrogens with one attached hydrogen (secondary N) is 1. The van der Waals surface area contributed by atoms with Gasteiger partial charge in [-0.1, -0.05) is 6.92 Å². The maximum absolute atomic E-state index is 6.14. The van der Waals surface area contributed by atoms with Gasteiger partial charge >= 0.3 is 0 Å². The highest BCUT2D eigenvalue weighted by atomic mass is 32.1. The van der Waals surface area contributed by atoms with E-state index in [9.17, 15) is 0 Å². The van der Waals surface area contributed by atoms with E-state index in [0.29, 0.717) is 5.92 Å². The summed E-state index contributed by atoms with van der Waals surface area (Å²) in [6.07, 6.45) is 1.09. The van der Waals surface area contributed by atoms with E-state index in [1.165, 1.54) is 0 Å². The molecule has 6 nitrogen and oxygen atoms in total. The van der Waals surface area contributed by atoms with Gasteiger partial charge in [0, 0.05) is 19.1 Å². The Labute approximate surface area is 122 Å². The second-order valence-corrected chi connectivity index (χ2v) is 6.71. The molecule has 108 valence electrons. The lowest BCUT2D eigenvalue weighted by Crippen LogP contribution is -2.48. The van der Waals surface area contributed by atoms with Crippen LogP contribution in [0.1, 0.15) is 24.0 Å². The number of H-pyrrole nitrogens is 1. The fraction of sp³-hybridized carbons (Fsp3) is 0.615. The molecule has 0 radical (unpaired) electrons. The van der Waals surface area contributed by atoms with E-state index in [4.69, 9.17) is 5.73 Å². The van der Waals surface area contributed by atoms with Crippen LogP contribution in [0.15, 0.2) is 0 Å². The van der Waals surface area contributed by atoms with Gasteiger partial charge in [0.1, 0.15) is 0 Å². The average molecular weight is 292 g/mol. The highest BCUT2D eigenvalue weighted by molar-refractivity contribution is 7.15. The van der Waals surface area contributed by atoms with Crippen LogP contribution >= 0.6 is 11.3 Å². The van der Waals surface area contributed by atoms with Crippen LogP contribution in [-0.4, -0.2) is 39.3 Å². The first-order valence-electron chi connectivity index (χ1n) is 6.92. The number of rotatable bonds is 2. The molecule has 1 saturated heterocycles. The van der Waals surface area contributed by atoms with Crippen LogP contribution in [0.3, 0.4) is 0 Å².